The van der Waals surface area contributed by atoms with Crippen molar-refractivity contribution in [2.24, 2.45) is 23.7 Å². The van der Waals surface area contributed by atoms with Crippen LogP contribution in [0.5, 0.6) is 0 Å². The Morgan fingerprint density at radius 1 is 1.40 bits per heavy atom. The highest BCUT2D eigenvalue weighted by atomic mass is 16.1. The molecule has 1 aliphatic rings. The summed E-state index contributed by atoms with van der Waals surface area (Å²) in [6.45, 7) is 8.97. The summed E-state index contributed by atoms with van der Waals surface area (Å²) >= 11 is 0. The van der Waals surface area contributed by atoms with Gasteiger partial charge in [-0.2, -0.15) is 0 Å². The topological polar surface area (TPSA) is 17.1 Å². The first-order valence-electron chi connectivity index (χ1n) is 6.59. The van der Waals surface area contributed by atoms with Gasteiger partial charge in [-0.3, -0.25) is 4.79 Å². The van der Waals surface area contributed by atoms with Crippen molar-refractivity contribution in [3.63, 3.8) is 0 Å². The molecule has 1 aliphatic carbocycles. The minimum absolute atomic E-state index is 0.354. The van der Waals surface area contributed by atoms with Gasteiger partial charge in [0.15, 0.2) is 0 Å². The summed E-state index contributed by atoms with van der Waals surface area (Å²) in [5.74, 6) is 2.70. The fourth-order valence-corrected chi connectivity index (χ4v) is 3.25. The van der Waals surface area contributed by atoms with Gasteiger partial charge in [-0.05, 0) is 24.2 Å². The zero-order valence-electron chi connectivity index (χ0n) is 10.8. The van der Waals surface area contributed by atoms with Crippen LogP contribution in [0.3, 0.4) is 0 Å². The van der Waals surface area contributed by atoms with Crippen LogP contribution in [0.2, 0.25) is 0 Å². The molecule has 88 valence electrons. The number of carbonyl (C=O) groups is 1. The summed E-state index contributed by atoms with van der Waals surface area (Å²) in [6, 6.07) is 0. The first-order chi connectivity index (χ1) is 7.06. The van der Waals surface area contributed by atoms with Gasteiger partial charge in [0.1, 0.15) is 5.78 Å². The Morgan fingerprint density at radius 2 is 2.07 bits per heavy atom. The van der Waals surface area contributed by atoms with Crippen molar-refractivity contribution in [3.8, 4) is 0 Å². The molecule has 0 saturated heterocycles. The molecule has 1 fully saturated rings. The van der Waals surface area contributed by atoms with Gasteiger partial charge in [-0.1, -0.05) is 47.0 Å². The Labute approximate surface area is 94.6 Å². The minimum Gasteiger partial charge on any atom is -0.299 e. The Kier molecular flexibility index (Phi) is 4.82. The highest BCUT2D eigenvalue weighted by molar-refractivity contribution is 5.82. The molecule has 0 aromatic rings. The smallest absolute Gasteiger partial charge is 0.136 e. The van der Waals surface area contributed by atoms with Crippen molar-refractivity contribution in [1.29, 1.82) is 0 Å². The van der Waals surface area contributed by atoms with E-state index in [2.05, 4.69) is 27.7 Å². The highest BCUT2D eigenvalue weighted by Gasteiger charge is 2.35. The summed E-state index contributed by atoms with van der Waals surface area (Å²) in [5, 5.41) is 0. The molecule has 2 unspecified atom stereocenters. The number of Topliss-reactive ketones (excluding diaryl/α,β-unsaturated/α-hetero) is 1. The molecule has 4 atom stereocenters. The van der Waals surface area contributed by atoms with E-state index in [1.807, 2.05) is 0 Å². The third-order valence-corrected chi connectivity index (χ3v) is 3.93. The number of unbranched alkanes of at least 4 members (excludes halogenated alkanes) is 1. The lowest BCUT2D eigenvalue weighted by Gasteiger charge is -2.35. The number of ketones is 1. The molecule has 1 nitrogen and oxygen atoms in total. The van der Waals surface area contributed by atoms with E-state index in [1.165, 1.54) is 25.7 Å². The van der Waals surface area contributed by atoms with Crippen molar-refractivity contribution in [2.45, 2.75) is 59.8 Å². The fraction of sp³-hybridized carbons (Fsp3) is 0.929. The standard InChI is InChI=1S/C14H26O/c1-5-6-7-11(3)14-12(4)8-10(2)9-13(14)15/h10-12,14H,5-9H2,1-4H3/t10-,11?,12-,14?/m1/s1. The molecular weight excluding hydrogens is 184 g/mol. The van der Waals surface area contributed by atoms with Gasteiger partial charge in [0.25, 0.3) is 0 Å². The number of hydrogen-bond donors (Lipinski definition) is 0. The molecule has 0 aromatic carbocycles. The number of carbonyl (C=O) groups excluding carboxylic acids is 1. The lowest BCUT2D eigenvalue weighted by molar-refractivity contribution is -0.130. The van der Waals surface area contributed by atoms with Crippen LogP contribution < -0.4 is 0 Å². The summed E-state index contributed by atoms with van der Waals surface area (Å²) in [5.41, 5.74) is 0. The van der Waals surface area contributed by atoms with Crippen LogP contribution in [0.25, 0.3) is 0 Å². The van der Waals surface area contributed by atoms with Crippen molar-refractivity contribution in [1.82, 2.24) is 0 Å². The van der Waals surface area contributed by atoms with Gasteiger partial charge in [-0.25, -0.2) is 0 Å². The van der Waals surface area contributed by atoms with Gasteiger partial charge in [0.2, 0.25) is 0 Å². The number of rotatable bonds is 4. The molecular formula is C14H26O. The quantitative estimate of drug-likeness (QED) is 0.683. The van der Waals surface area contributed by atoms with Crippen LogP contribution in [0, 0.1) is 23.7 Å². The summed E-state index contributed by atoms with van der Waals surface area (Å²) in [4.78, 5) is 12.0. The molecule has 0 aromatic heterocycles. The van der Waals surface area contributed by atoms with Gasteiger partial charge in [0.05, 0.1) is 0 Å². The molecule has 0 spiro atoms. The number of hydrogen-bond acceptors (Lipinski definition) is 1. The molecule has 0 aliphatic heterocycles. The van der Waals surface area contributed by atoms with E-state index in [0.29, 0.717) is 29.5 Å². The minimum atomic E-state index is 0.354. The van der Waals surface area contributed by atoms with Crippen LogP contribution in [-0.2, 0) is 4.79 Å². The largest absolute Gasteiger partial charge is 0.299 e. The third-order valence-electron chi connectivity index (χ3n) is 3.93. The Bertz CT molecular complexity index is 209. The molecule has 15 heavy (non-hydrogen) atoms. The highest BCUT2D eigenvalue weighted by Crippen LogP contribution is 2.37. The predicted molar refractivity (Wildman–Crippen MR) is 64.7 cm³/mol. The second kappa shape index (κ2) is 5.67. The lowest BCUT2D eigenvalue weighted by atomic mass is 9.69. The first-order valence-corrected chi connectivity index (χ1v) is 6.59. The lowest BCUT2D eigenvalue weighted by Crippen LogP contribution is -2.35. The molecule has 0 bridgehead atoms. The zero-order valence-corrected chi connectivity index (χ0v) is 10.8. The van der Waals surface area contributed by atoms with E-state index in [-0.39, 0.29) is 0 Å². The van der Waals surface area contributed by atoms with Gasteiger partial charge < -0.3 is 0 Å². The Balaban J connectivity index is 2.54. The van der Waals surface area contributed by atoms with Crippen LogP contribution in [0.1, 0.15) is 59.8 Å². The molecule has 0 amide bonds. The normalized spacial score (nSPS) is 34.1. The first kappa shape index (κ1) is 12.7. The average molecular weight is 210 g/mol. The van der Waals surface area contributed by atoms with E-state index in [9.17, 15) is 4.79 Å². The maximum absolute atomic E-state index is 12.0. The van der Waals surface area contributed by atoms with E-state index >= 15 is 0 Å². The van der Waals surface area contributed by atoms with E-state index in [4.69, 9.17) is 0 Å². The molecule has 0 heterocycles. The fourth-order valence-electron chi connectivity index (χ4n) is 3.25. The summed E-state index contributed by atoms with van der Waals surface area (Å²) < 4.78 is 0. The van der Waals surface area contributed by atoms with Crippen LogP contribution in [0.4, 0.5) is 0 Å². The maximum Gasteiger partial charge on any atom is 0.136 e. The van der Waals surface area contributed by atoms with Gasteiger partial charge in [-0.15, -0.1) is 0 Å². The molecule has 1 saturated carbocycles. The monoisotopic (exact) mass is 210 g/mol. The van der Waals surface area contributed by atoms with E-state index in [0.717, 1.165) is 6.42 Å². The molecule has 0 radical (unpaired) electrons. The van der Waals surface area contributed by atoms with Crippen molar-refractivity contribution >= 4 is 5.78 Å². The molecule has 1 heteroatoms. The summed E-state index contributed by atoms with van der Waals surface area (Å²) in [7, 11) is 0. The maximum atomic E-state index is 12.0. The van der Waals surface area contributed by atoms with Crippen LogP contribution in [-0.4, -0.2) is 5.78 Å². The van der Waals surface area contributed by atoms with E-state index < -0.39 is 0 Å². The second-order valence-corrected chi connectivity index (χ2v) is 5.63. The SMILES string of the molecule is CCCCC(C)C1C(=O)C[C@H](C)C[C@H]1C. The van der Waals surface area contributed by atoms with Crippen LogP contribution >= 0.6 is 0 Å². The van der Waals surface area contributed by atoms with Gasteiger partial charge in [0, 0.05) is 12.3 Å². The second-order valence-electron chi connectivity index (χ2n) is 5.63. The average Bonchev–Trinajstić information content (AvgIpc) is 2.12. The Hall–Kier alpha value is -0.330. The summed E-state index contributed by atoms with van der Waals surface area (Å²) in [6.07, 6.45) is 5.81. The molecule has 1 rings (SSSR count). The zero-order chi connectivity index (χ0) is 11.4. The van der Waals surface area contributed by atoms with Gasteiger partial charge >= 0.3 is 0 Å². The van der Waals surface area contributed by atoms with Crippen molar-refractivity contribution in [3.05, 3.63) is 0 Å². The van der Waals surface area contributed by atoms with E-state index in [1.54, 1.807) is 0 Å². The Morgan fingerprint density at radius 3 is 2.60 bits per heavy atom. The van der Waals surface area contributed by atoms with Crippen molar-refractivity contribution in [2.75, 3.05) is 0 Å². The van der Waals surface area contributed by atoms with Crippen molar-refractivity contribution < 1.29 is 4.79 Å². The third kappa shape index (κ3) is 3.32. The van der Waals surface area contributed by atoms with Crippen LogP contribution in [0.15, 0.2) is 0 Å². The molecule has 0 N–H and O–H groups in total. The predicted octanol–water partition coefficient (Wildman–Crippen LogP) is 4.06.